The first kappa shape index (κ1) is 26.0. The summed E-state index contributed by atoms with van der Waals surface area (Å²) in [4.78, 5) is 39.5. The number of nitrogens with one attached hydrogen (secondary N) is 2. The third-order valence-corrected chi connectivity index (χ3v) is 6.67. The number of benzene rings is 1. The molecule has 1 aromatic carbocycles. The molecule has 202 valence electrons. The lowest BCUT2D eigenvalue weighted by Crippen LogP contribution is -2.52. The molecule has 0 bridgehead atoms. The molecule has 3 aromatic heterocycles. The van der Waals surface area contributed by atoms with Crippen LogP contribution in [0.1, 0.15) is 28.7 Å². The van der Waals surface area contributed by atoms with Crippen LogP contribution in [-0.4, -0.2) is 56.2 Å². The van der Waals surface area contributed by atoms with Crippen molar-refractivity contribution in [1.29, 1.82) is 0 Å². The van der Waals surface area contributed by atoms with Gasteiger partial charge in [0.05, 0.1) is 12.2 Å². The lowest BCUT2D eigenvalue weighted by atomic mass is 9.81. The highest BCUT2D eigenvalue weighted by atomic mass is 19.4. The molecule has 0 saturated heterocycles. The van der Waals surface area contributed by atoms with Gasteiger partial charge in [-0.2, -0.15) is 13.2 Å². The smallest absolute Gasteiger partial charge is 0.424 e. The van der Waals surface area contributed by atoms with Crippen LogP contribution >= 0.6 is 0 Å². The number of primary amides is 1. The van der Waals surface area contributed by atoms with Gasteiger partial charge in [-0.15, -0.1) is 0 Å². The van der Waals surface area contributed by atoms with E-state index in [1.165, 1.54) is 37.6 Å². The van der Waals surface area contributed by atoms with Gasteiger partial charge >= 0.3 is 6.18 Å². The van der Waals surface area contributed by atoms with Crippen LogP contribution in [0.3, 0.4) is 0 Å². The maximum Gasteiger partial charge on any atom is 0.424 e. The molecule has 5 rings (SSSR count). The zero-order chi connectivity index (χ0) is 28.2. The highest BCUT2D eigenvalue weighted by Crippen LogP contribution is 2.47. The van der Waals surface area contributed by atoms with E-state index in [9.17, 15) is 32.3 Å². The summed E-state index contributed by atoms with van der Waals surface area (Å²) in [5, 5.41) is 13.6. The Morgan fingerprint density at radius 2 is 1.95 bits per heavy atom. The van der Waals surface area contributed by atoms with Crippen molar-refractivity contribution in [3.63, 3.8) is 0 Å². The maximum atomic E-state index is 14.5. The van der Waals surface area contributed by atoms with Gasteiger partial charge in [-0.25, -0.2) is 19.3 Å². The molecule has 4 heterocycles. The largest absolute Gasteiger partial charge is 0.489 e. The number of hydrogen-bond donors (Lipinski definition) is 4. The van der Waals surface area contributed by atoms with Gasteiger partial charge in [-0.3, -0.25) is 9.59 Å². The molecule has 0 spiro atoms. The number of fused-ring (bicyclic) bond motifs is 2. The van der Waals surface area contributed by atoms with Crippen LogP contribution in [-0.2, 0) is 15.8 Å². The summed E-state index contributed by atoms with van der Waals surface area (Å²) in [7, 11) is 0. The molecule has 10 nitrogen and oxygen atoms in total. The molecule has 2 amide bonds. The second-order valence-electron chi connectivity index (χ2n) is 9.28. The minimum absolute atomic E-state index is 0.0283. The van der Waals surface area contributed by atoms with Crippen LogP contribution in [0, 0.1) is 5.82 Å². The number of aromatic amines is 1. The Balaban J connectivity index is 1.59. The van der Waals surface area contributed by atoms with Gasteiger partial charge in [-0.1, -0.05) is 0 Å². The van der Waals surface area contributed by atoms with Gasteiger partial charge in [0.15, 0.2) is 0 Å². The highest BCUT2D eigenvalue weighted by Gasteiger charge is 2.57. The Hall–Kier alpha value is -4.59. The number of hydrogen-bond acceptors (Lipinski definition) is 7. The van der Waals surface area contributed by atoms with Crippen LogP contribution in [0.5, 0.6) is 5.75 Å². The molecule has 1 aliphatic rings. The predicted octanol–water partition coefficient (Wildman–Crippen LogP) is 2.47. The van der Waals surface area contributed by atoms with E-state index >= 15 is 0 Å². The van der Waals surface area contributed by atoms with Crippen molar-refractivity contribution in [2.75, 3.05) is 13.2 Å². The van der Waals surface area contributed by atoms with Crippen LogP contribution in [0.25, 0.3) is 22.3 Å². The van der Waals surface area contributed by atoms with Crippen LogP contribution in [0.2, 0.25) is 0 Å². The molecule has 39 heavy (non-hydrogen) atoms. The number of aromatic nitrogens is 4. The number of ether oxygens (including phenoxy) is 1. The molecule has 0 aliphatic carbocycles. The van der Waals surface area contributed by atoms with Crippen molar-refractivity contribution in [1.82, 2.24) is 25.3 Å². The summed E-state index contributed by atoms with van der Waals surface area (Å²) in [6, 6.07) is 6.89. The molecule has 0 fully saturated rings. The van der Waals surface area contributed by atoms with E-state index in [-0.39, 0.29) is 40.5 Å². The number of nitrogens with zero attached hydrogens (tertiary/aromatic N) is 3. The zero-order valence-electron chi connectivity index (χ0n) is 20.1. The molecular weight excluding hydrogens is 524 g/mol. The molecule has 14 heteroatoms. The minimum Gasteiger partial charge on any atom is -0.489 e. The monoisotopic (exact) mass is 544 g/mol. The van der Waals surface area contributed by atoms with E-state index in [0.717, 1.165) is 18.2 Å². The van der Waals surface area contributed by atoms with Crippen molar-refractivity contribution in [3.05, 3.63) is 71.7 Å². The van der Waals surface area contributed by atoms with Crippen LogP contribution in [0.4, 0.5) is 17.6 Å². The Labute approximate surface area is 217 Å². The standard InChI is InChI=1S/C25H20F4N6O4/c1-23(22(30)37)10-39-19-15(23)7-17(35-18(19)12-2-4-14(26)5-3-12)24(38,25(27,28)29)9-32-21(36)16-6-13-8-31-11-33-20(13)34-16/h2-8,11,38H,9-10H2,1H3,(H2,30,37)(H,32,36)(H,31,33,34)/t23-,24?/m0/s1. The van der Waals surface area contributed by atoms with Crippen LogP contribution < -0.4 is 15.8 Å². The number of halogens is 4. The second-order valence-corrected chi connectivity index (χ2v) is 9.28. The molecule has 0 radical (unpaired) electrons. The number of nitrogens with two attached hydrogens (primary N) is 1. The quantitative estimate of drug-likeness (QED) is 0.272. The third kappa shape index (κ3) is 4.31. The summed E-state index contributed by atoms with van der Waals surface area (Å²) >= 11 is 0. The Kier molecular flexibility index (Phi) is 6.01. The summed E-state index contributed by atoms with van der Waals surface area (Å²) in [6.45, 7) is -0.243. The minimum atomic E-state index is -5.34. The predicted molar refractivity (Wildman–Crippen MR) is 128 cm³/mol. The fourth-order valence-electron chi connectivity index (χ4n) is 4.23. The number of amides is 2. The molecule has 0 saturated carbocycles. The summed E-state index contributed by atoms with van der Waals surface area (Å²) < 4.78 is 62.6. The lowest BCUT2D eigenvalue weighted by molar-refractivity contribution is -0.265. The van der Waals surface area contributed by atoms with E-state index in [4.69, 9.17) is 10.5 Å². The average Bonchev–Trinajstić information content (AvgIpc) is 3.49. The van der Waals surface area contributed by atoms with E-state index < -0.39 is 47.1 Å². The Bertz CT molecular complexity index is 1570. The SMILES string of the molecule is C[C@]1(C(N)=O)COc2c1cc(C(O)(CNC(=O)c1cc3cncnc3[nH]1)C(F)(F)F)nc2-c1ccc(F)cc1. The van der Waals surface area contributed by atoms with Gasteiger partial charge in [-0.05, 0) is 43.3 Å². The van der Waals surface area contributed by atoms with Crippen LogP contribution in [0.15, 0.2) is 48.9 Å². The van der Waals surface area contributed by atoms with Crippen molar-refractivity contribution in [2.45, 2.75) is 24.1 Å². The van der Waals surface area contributed by atoms with Gasteiger partial charge in [0.1, 0.15) is 47.0 Å². The normalized spacial score (nSPS) is 18.3. The lowest BCUT2D eigenvalue weighted by Gasteiger charge is -2.31. The molecular formula is C25H20F4N6O4. The van der Waals surface area contributed by atoms with Crippen molar-refractivity contribution in [2.24, 2.45) is 5.73 Å². The van der Waals surface area contributed by atoms with E-state index in [2.05, 4.69) is 25.3 Å². The number of aliphatic hydroxyl groups is 1. The zero-order valence-corrected chi connectivity index (χ0v) is 20.1. The maximum absolute atomic E-state index is 14.5. The van der Waals surface area contributed by atoms with Gasteiger partial charge in [0, 0.05) is 22.7 Å². The van der Waals surface area contributed by atoms with Gasteiger partial charge in [0.2, 0.25) is 11.5 Å². The first-order valence-electron chi connectivity index (χ1n) is 11.4. The highest BCUT2D eigenvalue weighted by molar-refractivity contribution is 5.97. The van der Waals surface area contributed by atoms with Crippen molar-refractivity contribution in [3.8, 4) is 17.0 Å². The van der Waals surface area contributed by atoms with E-state index in [0.29, 0.717) is 5.39 Å². The second kappa shape index (κ2) is 9.01. The third-order valence-electron chi connectivity index (χ3n) is 6.67. The number of rotatable bonds is 6. The number of carbonyl (C=O) groups excluding carboxylic acids is 2. The topological polar surface area (TPSA) is 156 Å². The number of pyridine rings is 1. The van der Waals surface area contributed by atoms with Gasteiger partial charge in [0.25, 0.3) is 5.91 Å². The number of carbonyl (C=O) groups is 2. The van der Waals surface area contributed by atoms with Crippen molar-refractivity contribution < 1.29 is 37.0 Å². The Morgan fingerprint density at radius 1 is 1.23 bits per heavy atom. The molecule has 4 aromatic rings. The van der Waals surface area contributed by atoms with E-state index in [1.807, 2.05) is 0 Å². The van der Waals surface area contributed by atoms with E-state index in [1.54, 1.807) is 0 Å². The summed E-state index contributed by atoms with van der Waals surface area (Å²) in [6.07, 6.45) is -2.70. The fourth-order valence-corrected chi connectivity index (χ4v) is 4.23. The number of alkyl halides is 3. The molecule has 1 unspecified atom stereocenters. The summed E-state index contributed by atoms with van der Waals surface area (Å²) in [5.74, 6) is -2.47. The average molecular weight is 544 g/mol. The first-order chi connectivity index (χ1) is 18.3. The van der Waals surface area contributed by atoms with Gasteiger partial charge < -0.3 is 25.9 Å². The van der Waals surface area contributed by atoms with Crippen molar-refractivity contribution >= 4 is 22.8 Å². The fraction of sp³-hybridized carbons (Fsp3) is 0.240. The summed E-state index contributed by atoms with van der Waals surface area (Å²) in [5.41, 5.74) is -0.504. The Morgan fingerprint density at radius 3 is 2.59 bits per heavy atom. The number of H-pyrrole nitrogens is 1. The molecule has 5 N–H and O–H groups in total. The first-order valence-corrected chi connectivity index (χ1v) is 11.4. The molecule has 1 aliphatic heterocycles. The molecule has 2 atom stereocenters.